The normalized spacial score (nSPS) is 19.6. The zero-order valence-corrected chi connectivity index (χ0v) is 16.4. The molecule has 4 rings (SSSR count). The summed E-state index contributed by atoms with van der Waals surface area (Å²) in [7, 11) is 0. The fourth-order valence-corrected chi connectivity index (χ4v) is 4.78. The highest BCUT2D eigenvalue weighted by Crippen LogP contribution is 2.46. The van der Waals surface area contributed by atoms with Crippen molar-refractivity contribution in [2.45, 2.75) is 12.1 Å². The maximum atomic E-state index is 10.4. The number of benzene rings is 1. The van der Waals surface area contributed by atoms with Gasteiger partial charge in [0.15, 0.2) is 5.11 Å². The molecule has 1 aliphatic heterocycles. The molecule has 0 saturated carbocycles. The lowest BCUT2D eigenvalue weighted by Gasteiger charge is -2.27. The topological polar surface area (TPSA) is 48.4 Å². The zero-order chi connectivity index (χ0) is 18.3. The average Bonchev–Trinajstić information content (AvgIpc) is 3.21. The lowest BCUT2D eigenvalue weighted by molar-refractivity contribution is 0.473. The number of hydrogen-bond donors (Lipinski definition) is 2. The lowest BCUT2D eigenvalue weighted by atomic mass is 10.0. The molecule has 0 bridgehead atoms. The van der Waals surface area contributed by atoms with E-state index in [0.29, 0.717) is 20.2 Å². The van der Waals surface area contributed by atoms with Crippen LogP contribution in [0, 0.1) is 0 Å². The molecule has 2 unspecified atom stereocenters. The molecule has 26 heavy (non-hydrogen) atoms. The number of nitrogens with one attached hydrogen (secondary N) is 1. The van der Waals surface area contributed by atoms with Crippen molar-refractivity contribution < 1.29 is 5.11 Å². The van der Waals surface area contributed by atoms with Crippen molar-refractivity contribution in [1.29, 1.82) is 0 Å². The third-order valence-electron chi connectivity index (χ3n) is 4.18. The van der Waals surface area contributed by atoms with Crippen LogP contribution < -0.4 is 10.2 Å². The third-order valence-corrected chi connectivity index (χ3v) is 6.03. The van der Waals surface area contributed by atoms with E-state index in [9.17, 15) is 5.11 Å². The fourth-order valence-electron chi connectivity index (χ4n) is 3.08. The summed E-state index contributed by atoms with van der Waals surface area (Å²) in [4.78, 5) is 7.36. The number of rotatable bonds is 3. The molecule has 2 aromatic heterocycles. The van der Waals surface area contributed by atoms with E-state index in [0.717, 1.165) is 10.6 Å². The van der Waals surface area contributed by atoms with Crippen LogP contribution in [0.25, 0.3) is 0 Å². The Morgan fingerprint density at radius 2 is 2.00 bits per heavy atom. The highest BCUT2D eigenvalue weighted by molar-refractivity contribution is 7.80. The molecule has 4 nitrogen and oxygen atoms in total. The van der Waals surface area contributed by atoms with Crippen LogP contribution in [0.15, 0.2) is 54.7 Å². The number of aromatic nitrogens is 1. The van der Waals surface area contributed by atoms with Gasteiger partial charge in [-0.05, 0) is 54.7 Å². The molecular weight excluding hydrogens is 409 g/mol. The predicted molar refractivity (Wildman–Crippen MR) is 110 cm³/mol. The Balaban J connectivity index is 1.86. The SMILES string of the molecule is Oc1ccc(Cl)cc1N1C(=S)NC(c2ccccn2)C1c1ccc(Cl)s1. The van der Waals surface area contributed by atoms with Crippen LogP contribution in [0.2, 0.25) is 9.36 Å². The summed E-state index contributed by atoms with van der Waals surface area (Å²) in [5.74, 6) is 0.105. The average molecular weight is 422 g/mol. The van der Waals surface area contributed by atoms with Crippen LogP contribution in [0.4, 0.5) is 5.69 Å². The predicted octanol–water partition coefficient (Wildman–Crippen LogP) is 5.33. The van der Waals surface area contributed by atoms with Gasteiger partial charge in [-0.1, -0.05) is 29.3 Å². The number of thiocarbonyl (C=S) groups is 1. The molecule has 2 N–H and O–H groups in total. The first kappa shape index (κ1) is 17.5. The lowest BCUT2D eigenvalue weighted by Crippen LogP contribution is -2.29. The second-order valence-corrected chi connectivity index (χ2v) is 8.34. The fraction of sp³-hybridized carbons (Fsp3) is 0.111. The van der Waals surface area contributed by atoms with Gasteiger partial charge < -0.3 is 15.3 Å². The van der Waals surface area contributed by atoms with E-state index in [-0.39, 0.29) is 17.8 Å². The van der Waals surface area contributed by atoms with Crippen molar-refractivity contribution in [3.8, 4) is 5.75 Å². The third kappa shape index (κ3) is 3.14. The molecule has 0 spiro atoms. The monoisotopic (exact) mass is 421 g/mol. The molecule has 0 radical (unpaired) electrons. The second-order valence-electron chi connectivity index (χ2n) is 5.77. The number of pyridine rings is 1. The first-order chi connectivity index (χ1) is 12.5. The second kappa shape index (κ2) is 7.04. The van der Waals surface area contributed by atoms with Crippen molar-refractivity contribution in [2.24, 2.45) is 0 Å². The van der Waals surface area contributed by atoms with E-state index in [1.807, 2.05) is 35.2 Å². The summed E-state index contributed by atoms with van der Waals surface area (Å²) in [6.07, 6.45) is 1.75. The molecule has 0 amide bonds. The number of anilines is 1. The molecule has 1 fully saturated rings. The molecule has 0 aliphatic carbocycles. The number of nitrogens with zero attached hydrogens (tertiary/aromatic N) is 2. The van der Waals surface area contributed by atoms with E-state index < -0.39 is 0 Å². The standard InChI is InChI=1S/C18H13Cl2N3OS2/c19-10-4-5-13(24)12(9-10)23-17(14-6-7-15(20)26-14)16(22-18(23)25)11-3-1-2-8-21-11/h1-9,16-17,24H,(H,22,25). The van der Waals surface area contributed by atoms with Crippen molar-refractivity contribution >= 4 is 57.6 Å². The molecule has 8 heteroatoms. The summed E-state index contributed by atoms with van der Waals surface area (Å²) in [5, 5.41) is 14.8. The van der Waals surface area contributed by atoms with E-state index in [2.05, 4.69) is 10.3 Å². The number of aromatic hydroxyl groups is 1. The Labute approximate surface area is 170 Å². The van der Waals surface area contributed by atoms with Gasteiger partial charge in [-0.15, -0.1) is 11.3 Å². The van der Waals surface area contributed by atoms with Crippen molar-refractivity contribution in [3.63, 3.8) is 0 Å². The van der Waals surface area contributed by atoms with E-state index in [1.54, 1.807) is 24.4 Å². The Hall–Kier alpha value is -1.86. The number of halogens is 2. The number of hydrogen-bond acceptors (Lipinski definition) is 4. The summed E-state index contributed by atoms with van der Waals surface area (Å²) < 4.78 is 0.688. The Kier molecular flexibility index (Phi) is 4.75. The van der Waals surface area contributed by atoms with Gasteiger partial charge in [0.05, 0.1) is 27.8 Å². The zero-order valence-electron chi connectivity index (χ0n) is 13.3. The van der Waals surface area contributed by atoms with Crippen LogP contribution in [-0.2, 0) is 0 Å². The quantitative estimate of drug-likeness (QED) is 0.559. The smallest absolute Gasteiger partial charge is 0.174 e. The van der Waals surface area contributed by atoms with Crippen LogP contribution in [-0.4, -0.2) is 15.2 Å². The van der Waals surface area contributed by atoms with Gasteiger partial charge in [0.25, 0.3) is 0 Å². The van der Waals surface area contributed by atoms with Gasteiger partial charge in [-0.25, -0.2) is 0 Å². The van der Waals surface area contributed by atoms with E-state index in [1.165, 1.54) is 11.3 Å². The van der Waals surface area contributed by atoms with Crippen LogP contribution in [0.1, 0.15) is 22.7 Å². The maximum absolute atomic E-state index is 10.4. The number of phenols is 1. The van der Waals surface area contributed by atoms with Gasteiger partial charge in [0, 0.05) is 16.1 Å². The Bertz CT molecular complexity index is 964. The number of thiophene rings is 1. The van der Waals surface area contributed by atoms with Crippen LogP contribution >= 0.6 is 46.8 Å². The molecule has 1 aliphatic rings. The minimum atomic E-state index is -0.209. The molecule has 1 aromatic carbocycles. The van der Waals surface area contributed by atoms with Crippen LogP contribution in [0.3, 0.4) is 0 Å². The van der Waals surface area contributed by atoms with Crippen LogP contribution in [0.5, 0.6) is 5.75 Å². The maximum Gasteiger partial charge on any atom is 0.174 e. The molecule has 1 saturated heterocycles. The van der Waals surface area contributed by atoms with E-state index in [4.69, 9.17) is 35.4 Å². The number of phenolic OH excluding ortho intramolecular Hbond substituents is 1. The van der Waals surface area contributed by atoms with Gasteiger partial charge in [-0.2, -0.15) is 0 Å². The molecular formula is C18H13Cl2N3OS2. The molecule has 132 valence electrons. The van der Waals surface area contributed by atoms with Gasteiger partial charge in [-0.3, -0.25) is 4.98 Å². The highest BCUT2D eigenvalue weighted by Gasteiger charge is 2.42. The molecule has 2 atom stereocenters. The Morgan fingerprint density at radius 3 is 2.69 bits per heavy atom. The first-order valence-electron chi connectivity index (χ1n) is 7.79. The van der Waals surface area contributed by atoms with Crippen molar-refractivity contribution in [2.75, 3.05) is 4.90 Å². The van der Waals surface area contributed by atoms with E-state index >= 15 is 0 Å². The summed E-state index contributed by atoms with van der Waals surface area (Å²) in [6.45, 7) is 0. The van der Waals surface area contributed by atoms with Crippen molar-refractivity contribution in [3.05, 3.63) is 74.7 Å². The minimum Gasteiger partial charge on any atom is -0.506 e. The minimum absolute atomic E-state index is 0.105. The summed E-state index contributed by atoms with van der Waals surface area (Å²) in [5.41, 5.74) is 1.40. The highest BCUT2D eigenvalue weighted by atomic mass is 35.5. The van der Waals surface area contributed by atoms with Gasteiger partial charge in [0.2, 0.25) is 0 Å². The van der Waals surface area contributed by atoms with Crippen molar-refractivity contribution in [1.82, 2.24) is 10.3 Å². The Morgan fingerprint density at radius 1 is 1.15 bits per heavy atom. The summed E-state index contributed by atoms with van der Waals surface area (Å²) in [6, 6.07) is 14.1. The molecule has 3 heterocycles. The summed E-state index contributed by atoms with van der Waals surface area (Å²) >= 11 is 19.4. The largest absolute Gasteiger partial charge is 0.506 e. The first-order valence-corrected chi connectivity index (χ1v) is 9.77. The van der Waals surface area contributed by atoms with Gasteiger partial charge in [0.1, 0.15) is 5.75 Å². The van der Waals surface area contributed by atoms with Gasteiger partial charge >= 0.3 is 0 Å². The molecule has 3 aromatic rings.